The number of aromatic nitrogens is 2. The molecule has 0 aromatic carbocycles. The SMILES string of the molecule is O=C(O)[C@H]1CC[C@@H](C(=O)NCc2ccncn2)C1. The minimum Gasteiger partial charge on any atom is -0.481 e. The number of carbonyl (C=O) groups is 2. The molecule has 0 radical (unpaired) electrons. The lowest BCUT2D eigenvalue weighted by molar-refractivity contribution is -0.141. The molecule has 1 aromatic rings. The van der Waals surface area contributed by atoms with Crippen LogP contribution in [0.3, 0.4) is 0 Å². The molecule has 0 unspecified atom stereocenters. The van der Waals surface area contributed by atoms with E-state index in [0.29, 0.717) is 25.8 Å². The van der Waals surface area contributed by atoms with E-state index in [1.807, 2.05) is 0 Å². The summed E-state index contributed by atoms with van der Waals surface area (Å²) in [6.07, 6.45) is 4.71. The number of amides is 1. The predicted molar refractivity (Wildman–Crippen MR) is 62.3 cm³/mol. The Morgan fingerprint density at radius 2 is 2.17 bits per heavy atom. The molecule has 0 spiro atoms. The van der Waals surface area contributed by atoms with Crippen LogP contribution in [-0.2, 0) is 16.1 Å². The standard InChI is InChI=1S/C12H15N3O3/c16-11(8-1-2-9(5-8)12(17)18)14-6-10-3-4-13-7-15-10/h3-4,7-9H,1-2,5-6H2,(H,14,16)(H,17,18)/t8-,9+/m1/s1. The van der Waals surface area contributed by atoms with Gasteiger partial charge in [-0.2, -0.15) is 0 Å². The van der Waals surface area contributed by atoms with Gasteiger partial charge in [-0.3, -0.25) is 9.59 Å². The third-order valence-corrected chi connectivity index (χ3v) is 3.24. The van der Waals surface area contributed by atoms with Crippen molar-refractivity contribution in [3.05, 3.63) is 24.3 Å². The van der Waals surface area contributed by atoms with E-state index in [0.717, 1.165) is 5.69 Å². The molecule has 2 rings (SSSR count). The van der Waals surface area contributed by atoms with Gasteiger partial charge in [0, 0.05) is 12.1 Å². The Balaban J connectivity index is 1.81. The molecular weight excluding hydrogens is 234 g/mol. The van der Waals surface area contributed by atoms with Gasteiger partial charge in [-0.25, -0.2) is 9.97 Å². The van der Waals surface area contributed by atoms with Crippen molar-refractivity contribution in [2.24, 2.45) is 11.8 Å². The summed E-state index contributed by atoms with van der Waals surface area (Å²) in [4.78, 5) is 30.4. The van der Waals surface area contributed by atoms with Gasteiger partial charge in [0.05, 0.1) is 18.2 Å². The maximum absolute atomic E-state index is 11.8. The number of hydrogen-bond donors (Lipinski definition) is 2. The second-order valence-electron chi connectivity index (χ2n) is 4.46. The van der Waals surface area contributed by atoms with E-state index in [9.17, 15) is 9.59 Å². The first-order chi connectivity index (χ1) is 8.66. The molecule has 1 saturated carbocycles. The molecule has 6 nitrogen and oxygen atoms in total. The number of aliphatic carboxylic acids is 1. The maximum atomic E-state index is 11.8. The van der Waals surface area contributed by atoms with E-state index in [1.54, 1.807) is 12.3 Å². The average Bonchev–Trinajstić information content (AvgIpc) is 2.87. The van der Waals surface area contributed by atoms with Crippen LogP contribution in [-0.4, -0.2) is 27.0 Å². The molecule has 2 atom stereocenters. The minimum absolute atomic E-state index is 0.0858. The van der Waals surface area contributed by atoms with Crippen LogP contribution in [0.1, 0.15) is 25.0 Å². The van der Waals surface area contributed by atoms with Crippen molar-refractivity contribution in [2.45, 2.75) is 25.8 Å². The fourth-order valence-electron chi connectivity index (χ4n) is 2.19. The summed E-state index contributed by atoms with van der Waals surface area (Å²) in [5, 5.41) is 11.7. The number of carboxylic acid groups (broad SMARTS) is 1. The van der Waals surface area contributed by atoms with E-state index in [2.05, 4.69) is 15.3 Å². The van der Waals surface area contributed by atoms with Gasteiger partial charge in [0.15, 0.2) is 0 Å². The lowest BCUT2D eigenvalue weighted by Crippen LogP contribution is -2.29. The summed E-state index contributed by atoms with van der Waals surface area (Å²) >= 11 is 0. The molecule has 96 valence electrons. The van der Waals surface area contributed by atoms with Crippen molar-refractivity contribution in [1.82, 2.24) is 15.3 Å². The van der Waals surface area contributed by atoms with Crippen molar-refractivity contribution in [3.8, 4) is 0 Å². The first-order valence-electron chi connectivity index (χ1n) is 5.92. The highest BCUT2D eigenvalue weighted by atomic mass is 16.4. The van der Waals surface area contributed by atoms with Gasteiger partial charge in [0.2, 0.25) is 5.91 Å². The fraction of sp³-hybridized carbons (Fsp3) is 0.500. The van der Waals surface area contributed by atoms with Crippen LogP contribution in [0.25, 0.3) is 0 Å². The van der Waals surface area contributed by atoms with Gasteiger partial charge in [-0.1, -0.05) is 0 Å². The molecule has 1 amide bonds. The van der Waals surface area contributed by atoms with Gasteiger partial charge in [0.25, 0.3) is 0 Å². The Labute approximate surface area is 104 Å². The Morgan fingerprint density at radius 1 is 1.39 bits per heavy atom. The normalized spacial score (nSPS) is 22.7. The lowest BCUT2D eigenvalue weighted by atomic mass is 10.0. The summed E-state index contributed by atoms with van der Waals surface area (Å²) in [7, 11) is 0. The lowest BCUT2D eigenvalue weighted by Gasteiger charge is -2.10. The van der Waals surface area contributed by atoms with Gasteiger partial charge in [-0.05, 0) is 25.3 Å². The number of carboxylic acids is 1. The molecule has 18 heavy (non-hydrogen) atoms. The molecule has 0 aliphatic heterocycles. The molecule has 1 fully saturated rings. The zero-order valence-electron chi connectivity index (χ0n) is 9.87. The number of carbonyl (C=O) groups excluding carboxylic acids is 1. The van der Waals surface area contributed by atoms with Crippen LogP contribution in [0, 0.1) is 11.8 Å². The number of nitrogens with zero attached hydrogens (tertiary/aromatic N) is 2. The first-order valence-corrected chi connectivity index (χ1v) is 5.92. The third kappa shape index (κ3) is 3.03. The Kier molecular flexibility index (Phi) is 3.86. The van der Waals surface area contributed by atoms with Crippen molar-refractivity contribution < 1.29 is 14.7 Å². The van der Waals surface area contributed by atoms with Crippen molar-refractivity contribution >= 4 is 11.9 Å². The maximum Gasteiger partial charge on any atom is 0.306 e. The largest absolute Gasteiger partial charge is 0.481 e. The van der Waals surface area contributed by atoms with Crippen molar-refractivity contribution in [3.63, 3.8) is 0 Å². The van der Waals surface area contributed by atoms with Gasteiger partial charge >= 0.3 is 5.97 Å². The molecule has 0 bridgehead atoms. The second-order valence-corrected chi connectivity index (χ2v) is 4.46. The summed E-state index contributed by atoms with van der Waals surface area (Å²) in [6, 6.07) is 1.73. The van der Waals surface area contributed by atoms with E-state index < -0.39 is 5.97 Å². The number of nitrogens with one attached hydrogen (secondary N) is 1. The Morgan fingerprint density at radius 3 is 2.78 bits per heavy atom. The molecule has 1 heterocycles. The molecule has 2 N–H and O–H groups in total. The topological polar surface area (TPSA) is 92.2 Å². The van der Waals surface area contributed by atoms with Crippen molar-refractivity contribution in [2.75, 3.05) is 0 Å². The second kappa shape index (κ2) is 5.57. The summed E-state index contributed by atoms with van der Waals surface area (Å²) in [5.74, 6) is -1.45. The number of rotatable bonds is 4. The molecule has 1 aliphatic carbocycles. The predicted octanol–water partition coefficient (Wildman–Crippen LogP) is 0.594. The highest BCUT2D eigenvalue weighted by Crippen LogP contribution is 2.31. The fourth-order valence-corrected chi connectivity index (χ4v) is 2.19. The zero-order valence-corrected chi connectivity index (χ0v) is 9.87. The van der Waals surface area contributed by atoms with Crippen LogP contribution in [0.15, 0.2) is 18.6 Å². The van der Waals surface area contributed by atoms with Crippen LogP contribution in [0.5, 0.6) is 0 Å². The van der Waals surface area contributed by atoms with E-state index in [1.165, 1.54) is 6.33 Å². The summed E-state index contributed by atoms with van der Waals surface area (Å²) in [6.45, 7) is 0.357. The summed E-state index contributed by atoms with van der Waals surface area (Å²) < 4.78 is 0. The van der Waals surface area contributed by atoms with Crippen molar-refractivity contribution in [1.29, 1.82) is 0 Å². The molecule has 1 aromatic heterocycles. The Bertz CT molecular complexity index is 435. The van der Waals surface area contributed by atoms with Crippen LogP contribution >= 0.6 is 0 Å². The van der Waals surface area contributed by atoms with Crippen LogP contribution in [0.2, 0.25) is 0 Å². The molecule has 6 heteroatoms. The molecule has 0 saturated heterocycles. The third-order valence-electron chi connectivity index (χ3n) is 3.24. The quantitative estimate of drug-likeness (QED) is 0.815. The zero-order chi connectivity index (χ0) is 13.0. The average molecular weight is 249 g/mol. The molecular formula is C12H15N3O3. The van der Waals surface area contributed by atoms with Crippen LogP contribution < -0.4 is 5.32 Å². The smallest absolute Gasteiger partial charge is 0.306 e. The minimum atomic E-state index is -0.805. The van der Waals surface area contributed by atoms with E-state index in [4.69, 9.17) is 5.11 Å². The number of hydrogen-bond acceptors (Lipinski definition) is 4. The van der Waals surface area contributed by atoms with E-state index >= 15 is 0 Å². The molecule has 1 aliphatic rings. The summed E-state index contributed by atoms with van der Waals surface area (Å²) in [5.41, 5.74) is 0.742. The Hall–Kier alpha value is -1.98. The van der Waals surface area contributed by atoms with E-state index in [-0.39, 0.29) is 17.7 Å². The highest BCUT2D eigenvalue weighted by Gasteiger charge is 2.33. The van der Waals surface area contributed by atoms with Gasteiger partial charge < -0.3 is 10.4 Å². The van der Waals surface area contributed by atoms with Crippen LogP contribution in [0.4, 0.5) is 0 Å². The first kappa shape index (κ1) is 12.5. The highest BCUT2D eigenvalue weighted by molar-refractivity contribution is 5.80. The monoisotopic (exact) mass is 249 g/mol. The van der Waals surface area contributed by atoms with Gasteiger partial charge in [0.1, 0.15) is 6.33 Å². The van der Waals surface area contributed by atoms with Gasteiger partial charge in [-0.15, -0.1) is 0 Å².